The summed E-state index contributed by atoms with van der Waals surface area (Å²) in [5.74, 6) is -0.0786. The van der Waals surface area contributed by atoms with Gasteiger partial charge in [0.2, 0.25) is 0 Å². The van der Waals surface area contributed by atoms with Crippen molar-refractivity contribution in [2.75, 3.05) is 0 Å². The Kier molecular flexibility index (Phi) is 3.92. The number of Topliss-reactive ketones (excluding diaryl/α,β-unsaturated/α-hetero) is 1. The molecule has 5 nitrogen and oxygen atoms in total. The average molecular weight is 345 g/mol. The molecule has 26 heavy (non-hydrogen) atoms. The van der Waals surface area contributed by atoms with Crippen LogP contribution in [0.1, 0.15) is 23.0 Å². The van der Waals surface area contributed by atoms with Crippen LogP contribution in [0.5, 0.6) is 0 Å². The van der Waals surface area contributed by atoms with Crippen molar-refractivity contribution in [2.24, 2.45) is 0 Å². The lowest BCUT2D eigenvalue weighted by Gasteiger charge is -2.07. The zero-order valence-corrected chi connectivity index (χ0v) is 14.8. The Balaban J connectivity index is 1.81. The molecule has 5 heteroatoms. The lowest BCUT2D eigenvalue weighted by molar-refractivity contribution is 0.0971. The molecule has 0 saturated carbocycles. The maximum absolute atomic E-state index is 13.1. The quantitative estimate of drug-likeness (QED) is 0.531. The largest absolute Gasteiger partial charge is 0.344 e. The number of para-hydroxylation sites is 2. The average Bonchev–Trinajstić information content (AvgIpc) is 2.95. The summed E-state index contributed by atoms with van der Waals surface area (Å²) in [7, 11) is 0. The van der Waals surface area contributed by atoms with Gasteiger partial charge in [-0.05, 0) is 32.0 Å². The first-order chi connectivity index (χ1) is 12.6. The van der Waals surface area contributed by atoms with Gasteiger partial charge in [0.05, 0.1) is 23.8 Å². The summed E-state index contributed by atoms with van der Waals surface area (Å²) in [6, 6.07) is 15.1. The number of carbonyl (C=O) groups is 1. The molecule has 0 N–H and O–H groups in total. The van der Waals surface area contributed by atoms with Gasteiger partial charge in [-0.1, -0.05) is 30.3 Å². The molecule has 0 aliphatic rings. The van der Waals surface area contributed by atoms with Gasteiger partial charge in [0.25, 0.3) is 5.56 Å². The highest BCUT2D eigenvalue weighted by Gasteiger charge is 2.20. The SMILES string of the molecule is CCn1c(C)c(C(=O)Cn2cnc3ccccc3c2=O)c2ccccc21. The van der Waals surface area contributed by atoms with Gasteiger partial charge < -0.3 is 4.57 Å². The minimum atomic E-state index is -0.194. The van der Waals surface area contributed by atoms with Gasteiger partial charge in [-0.3, -0.25) is 14.2 Å². The van der Waals surface area contributed by atoms with E-state index in [0.29, 0.717) is 16.5 Å². The van der Waals surface area contributed by atoms with Crippen molar-refractivity contribution in [1.29, 1.82) is 0 Å². The van der Waals surface area contributed by atoms with Crippen molar-refractivity contribution in [3.05, 3.63) is 76.5 Å². The molecule has 2 aromatic carbocycles. The minimum Gasteiger partial charge on any atom is -0.344 e. The third-order valence-corrected chi connectivity index (χ3v) is 4.87. The maximum Gasteiger partial charge on any atom is 0.261 e. The summed E-state index contributed by atoms with van der Waals surface area (Å²) in [6.07, 6.45) is 1.46. The molecular weight excluding hydrogens is 326 g/mol. The third kappa shape index (κ3) is 2.44. The number of fused-ring (bicyclic) bond motifs is 2. The first-order valence-corrected chi connectivity index (χ1v) is 8.67. The van der Waals surface area contributed by atoms with Gasteiger partial charge in [-0.25, -0.2) is 4.98 Å². The van der Waals surface area contributed by atoms with E-state index in [2.05, 4.69) is 16.5 Å². The number of hydrogen-bond donors (Lipinski definition) is 0. The third-order valence-electron chi connectivity index (χ3n) is 4.87. The highest BCUT2D eigenvalue weighted by atomic mass is 16.1. The van der Waals surface area contributed by atoms with Gasteiger partial charge in [-0.2, -0.15) is 0 Å². The van der Waals surface area contributed by atoms with E-state index in [9.17, 15) is 9.59 Å². The highest BCUT2D eigenvalue weighted by molar-refractivity contribution is 6.09. The number of aryl methyl sites for hydroxylation is 1. The predicted octanol–water partition coefficient (Wildman–Crippen LogP) is 3.56. The number of ketones is 1. The van der Waals surface area contributed by atoms with E-state index < -0.39 is 0 Å². The Morgan fingerprint density at radius 2 is 1.73 bits per heavy atom. The summed E-state index contributed by atoms with van der Waals surface area (Å²) >= 11 is 0. The van der Waals surface area contributed by atoms with E-state index in [-0.39, 0.29) is 17.9 Å². The monoisotopic (exact) mass is 345 g/mol. The van der Waals surface area contributed by atoms with Crippen LogP contribution < -0.4 is 5.56 Å². The molecule has 0 aliphatic carbocycles. The fourth-order valence-electron chi connectivity index (χ4n) is 3.64. The highest BCUT2D eigenvalue weighted by Crippen LogP contribution is 2.26. The van der Waals surface area contributed by atoms with Crippen molar-refractivity contribution >= 4 is 27.6 Å². The first-order valence-electron chi connectivity index (χ1n) is 8.67. The molecule has 0 fully saturated rings. The number of benzene rings is 2. The predicted molar refractivity (Wildman–Crippen MR) is 103 cm³/mol. The first kappa shape index (κ1) is 16.3. The van der Waals surface area contributed by atoms with Gasteiger partial charge in [0.15, 0.2) is 5.78 Å². The van der Waals surface area contributed by atoms with Crippen molar-refractivity contribution in [1.82, 2.24) is 14.1 Å². The molecule has 2 aromatic heterocycles. The topological polar surface area (TPSA) is 56.9 Å². The Hall–Kier alpha value is -3.21. The van der Waals surface area contributed by atoms with Gasteiger partial charge in [0, 0.05) is 28.7 Å². The number of hydrogen-bond acceptors (Lipinski definition) is 3. The van der Waals surface area contributed by atoms with E-state index in [4.69, 9.17) is 0 Å². The van der Waals surface area contributed by atoms with E-state index in [1.807, 2.05) is 37.3 Å². The molecule has 0 radical (unpaired) electrons. The van der Waals surface area contributed by atoms with Crippen LogP contribution in [0.15, 0.2) is 59.7 Å². The second-order valence-corrected chi connectivity index (χ2v) is 6.34. The van der Waals surface area contributed by atoms with E-state index >= 15 is 0 Å². The summed E-state index contributed by atoms with van der Waals surface area (Å²) < 4.78 is 3.52. The van der Waals surface area contributed by atoms with Crippen LogP contribution in [0.2, 0.25) is 0 Å². The van der Waals surface area contributed by atoms with Crippen molar-refractivity contribution in [3.8, 4) is 0 Å². The molecule has 0 saturated heterocycles. The van der Waals surface area contributed by atoms with Crippen LogP contribution in [0.4, 0.5) is 0 Å². The molecule has 130 valence electrons. The second kappa shape index (κ2) is 6.26. The molecule has 0 aliphatic heterocycles. The molecule has 4 aromatic rings. The van der Waals surface area contributed by atoms with Crippen molar-refractivity contribution in [2.45, 2.75) is 26.9 Å². The maximum atomic E-state index is 13.1. The molecule has 4 rings (SSSR count). The summed E-state index contributed by atoms with van der Waals surface area (Å²) in [4.78, 5) is 30.0. The smallest absolute Gasteiger partial charge is 0.261 e. The zero-order valence-electron chi connectivity index (χ0n) is 14.8. The van der Waals surface area contributed by atoms with Crippen LogP contribution in [-0.4, -0.2) is 19.9 Å². The van der Waals surface area contributed by atoms with E-state index in [1.54, 1.807) is 18.2 Å². The van der Waals surface area contributed by atoms with Crippen LogP contribution in [0, 0.1) is 6.92 Å². The van der Waals surface area contributed by atoms with Crippen LogP contribution in [0.3, 0.4) is 0 Å². The van der Waals surface area contributed by atoms with Gasteiger partial charge in [0.1, 0.15) is 0 Å². The molecule has 0 spiro atoms. The second-order valence-electron chi connectivity index (χ2n) is 6.34. The lowest BCUT2D eigenvalue weighted by atomic mass is 10.1. The summed E-state index contributed by atoms with van der Waals surface area (Å²) in [6.45, 7) is 4.79. The molecule has 0 atom stereocenters. The van der Waals surface area contributed by atoms with Crippen molar-refractivity contribution < 1.29 is 4.79 Å². The summed E-state index contributed by atoms with van der Waals surface area (Å²) in [5, 5.41) is 1.45. The lowest BCUT2D eigenvalue weighted by Crippen LogP contribution is -2.25. The molecule has 0 bridgehead atoms. The Labute approximate surface area is 150 Å². The van der Waals surface area contributed by atoms with Gasteiger partial charge >= 0.3 is 0 Å². The minimum absolute atomic E-state index is 0.0186. The Bertz CT molecular complexity index is 1200. The molecule has 0 amide bonds. The fourth-order valence-corrected chi connectivity index (χ4v) is 3.64. The number of aromatic nitrogens is 3. The number of carbonyl (C=O) groups excluding carboxylic acids is 1. The van der Waals surface area contributed by atoms with Crippen molar-refractivity contribution in [3.63, 3.8) is 0 Å². The van der Waals surface area contributed by atoms with E-state index in [1.165, 1.54) is 10.9 Å². The number of rotatable bonds is 4. The summed E-state index contributed by atoms with van der Waals surface area (Å²) in [5.41, 5.74) is 3.10. The zero-order chi connectivity index (χ0) is 18.3. The standard InChI is InChI=1S/C21H19N3O2/c1-3-24-14(2)20(16-9-5-7-11-18(16)24)19(25)12-23-13-22-17-10-6-4-8-15(17)21(23)26/h4-11,13H,3,12H2,1-2H3. The van der Waals surface area contributed by atoms with Crippen LogP contribution >= 0.6 is 0 Å². The Morgan fingerprint density at radius 1 is 1.04 bits per heavy atom. The number of nitrogens with zero attached hydrogens (tertiary/aromatic N) is 3. The van der Waals surface area contributed by atoms with Gasteiger partial charge in [-0.15, -0.1) is 0 Å². The Morgan fingerprint density at radius 3 is 2.50 bits per heavy atom. The van der Waals surface area contributed by atoms with Crippen LogP contribution in [0.25, 0.3) is 21.8 Å². The van der Waals surface area contributed by atoms with Crippen LogP contribution in [-0.2, 0) is 13.1 Å². The molecular formula is C21H19N3O2. The molecule has 2 heterocycles. The van der Waals surface area contributed by atoms with E-state index in [0.717, 1.165) is 23.1 Å². The molecule has 0 unspecified atom stereocenters. The fraction of sp³-hybridized carbons (Fsp3) is 0.190. The normalized spacial score (nSPS) is 11.3.